The molecule has 2 aromatic rings. The van der Waals surface area contributed by atoms with Crippen LogP contribution in [-0.4, -0.2) is 10.1 Å². The normalized spacial score (nSPS) is 10.5. The van der Waals surface area contributed by atoms with Gasteiger partial charge in [0.15, 0.2) is 3.95 Å². The van der Waals surface area contributed by atoms with E-state index in [2.05, 4.69) is 4.98 Å². The Hall–Kier alpha value is -0.490. The average molecular weight is 229 g/mol. The van der Waals surface area contributed by atoms with Crippen LogP contribution in [0.25, 0.3) is 11.3 Å². The van der Waals surface area contributed by atoms with Crippen LogP contribution in [0.15, 0.2) is 16.8 Å². The summed E-state index contributed by atoms with van der Waals surface area (Å²) < 4.78 is 0.784. The van der Waals surface area contributed by atoms with Gasteiger partial charge in [-0.25, -0.2) is 0 Å². The lowest BCUT2D eigenvalue weighted by Gasteiger charge is -1.88. The molecule has 0 spiro atoms. The Morgan fingerprint density at radius 2 is 2.23 bits per heavy atom. The van der Waals surface area contributed by atoms with Crippen LogP contribution >= 0.6 is 34.9 Å². The number of nitrogens with one attached hydrogen (secondary N) is 1. The van der Waals surface area contributed by atoms with Crippen molar-refractivity contribution in [3.8, 4) is 11.3 Å². The quantitative estimate of drug-likeness (QED) is 0.777. The summed E-state index contributed by atoms with van der Waals surface area (Å²) in [5.41, 5.74) is 2.13. The number of aliphatic hydroxyl groups excluding tert-OH is 1. The maximum atomic E-state index is 8.89. The summed E-state index contributed by atoms with van der Waals surface area (Å²) >= 11 is 8.06. The summed E-state index contributed by atoms with van der Waals surface area (Å²) in [7, 11) is 0. The molecular formula is C8H7NOS3. The molecule has 5 heteroatoms. The molecular weight excluding hydrogens is 222 g/mol. The van der Waals surface area contributed by atoms with Crippen molar-refractivity contribution >= 4 is 34.9 Å². The molecule has 2 nitrogen and oxygen atoms in total. The van der Waals surface area contributed by atoms with Gasteiger partial charge in [0.05, 0.1) is 12.3 Å². The van der Waals surface area contributed by atoms with E-state index in [-0.39, 0.29) is 6.61 Å². The molecule has 0 saturated heterocycles. The van der Waals surface area contributed by atoms with Gasteiger partial charge in [-0.05, 0) is 18.3 Å². The van der Waals surface area contributed by atoms with Crippen molar-refractivity contribution in [2.75, 3.05) is 0 Å². The molecule has 0 amide bonds. The van der Waals surface area contributed by atoms with Gasteiger partial charge in [0.25, 0.3) is 0 Å². The van der Waals surface area contributed by atoms with Crippen LogP contribution in [0.4, 0.5) is 0 Å². The molecule has 0 aliphatic carbocycles. The first kappa shape index (κ1) is 9.08. The fourth-order valence-corrected chi connectivity index (χ4v) is 2.61. The predicted molar refractivity (Wildman–Crippen MR) is 58.7 cm³/mol. The van der Waals surface area contributed by atoms with Crippen molar-refractivity contribution in [2.24, 2.45) is 0 Å². The number of thiazole rings is 1. The Kier molecular flexibility index (Phi) is 2.59. The molecule has 0 bridgehead atoms. The number of hydrogen-bond donors (Lipinski definition) is 2. The SMILES string of the molecule is OCc1cc(-c2csc(=S)[nH]2)cs1. The fourth-order valence-electron chi connectivity index (χ4n) is 1.03. The molecule has 0 unspecified atom stereocenters. The van der Waals surface area contributed by atoms with Gasteiger partial charge in [0, 0.05) is 21.2 Å². The van der Waals surface area contributed by atoms with Crippen molar-refractivity contribution in [3.63, 3.8) is 0 Å². The van der Waals surface area contributed by atoms with Crippen LogP contribution < -0.4 is 0 Å². The predicted octanol–water partition coefficient (Wildman–Crippen LogP) is 3.03. The molecule has 0 radical (unpaired) electrons. The van der Waals surface area contributed by atoms with Crippen molar-refractivity contribution in [3.05, 3.63) is 25.7 Å². The first-order valence-electron chi connectivity index (χ1n) is 3.66. The van der Waals surface area contributed by atoms with Gasteiger partial charge < -0.3 is 10.1 Å². The van der Waals surface area contributed by atoms with E-state index in [4.69, 9.17) is 17.3 Å². The second-order valence-electron chi connectivity index (χ2n) is 2.52. The fraction of sp³-hybridized carbons (Fsp3) is 0.125. The molecule has 0 aliphatic heterocycles. The third-order valence-corrected chi connectivity index (χ3v) is 3.62. The van der Waals surface area contributed by atoms with Gasteiger partial charge in [0.1, 0.15) is 0 Å². The zero-order valence-corrected chi connectivity index (χ0v) is 9.06. The summed E-state index contributed by atoms with van der Waals surface area (Å²) in [6, 6.07) is 1.97. The maximum Gasteiger partial charge on any atom is 0.158 e. The number of hydrogen-bond acceptors (Lipinski definition) is 4. The molecule has 2 heterocycles. The molecule has 2 aromatic heterocycles. The highest BCUT2D eigenvalue weighted by atomic mass is 32.1. The molecule has 0 aromatic carbocycles. The highest BCUT2D eigenvalue weighted by Gasteiger charge is 2.02. The lowest BCUT2D eigenvalue weighted by Crippen LogP contribution is -1.74. The summed E-state index contributed by atoms with van der Waals surface area (Å²) in [5.74, 6) is 0. The molecule has 0 atom stereocenters. The Morgan fingerprint density at radius 1 is 1.38 bits per heavy atom. The van der Waals surface area contributed by atoms with Gasteiger partial charge in [-0.1, -0.05) is 0 Å². The van der Waals surface area contributed by atoms with E-state index < -0.39 is 0 Å². The van der Waals surface area contributed by atoms with Crippen LogP contribution in [-0.2, 0) is 6.61 Å². The molecule has 68 valence electrons. The van der Waals surface area contributed by atoms with E-state index in [1.165, 1.54) is 11.3 Å². The van der Waals surface area contributed by atoms with Crippen molar-refractivity contribution in [1.29, 1.82) is 0 Å². The standard InChI is InChI=1S/C8H7NOS3/c10-2-6-1-5(3-12-6)7-4-13-8(11)9-7/h1,3-4,10H,2H2,(H,9,11). The third kappa shape index (κ3) is 1.88. The number of thiophene rings is 1. The lowest BCUT2D eigenvalue weighted by atomic mass is 10.2. The second kappa shape index (κ2) is 3.71. The zero-order valence-electron chi connectivity index (χ0n) is 6.61. The molecule has 13 heavy (non-hydrogen) atoms. The number of H-pyrrole nitrogens is 1. The van der Waals surface area contributed by atoms with Gasteiger partial charge in [-0.2, -0.15) is 0 Å². The summed E-state index contributed by atoms with van der Waals surface area (Å²) in [6.45, 7) is 0.107. The number of rotatable bonds is 2. The number of aliphatic hydroxyl groups is 1. The summed E-state index contributed by atoms with van der Waals surface area (Å²) in [5, 5.41) is 12.9. The first-order valence-corrected chi connectivity index (χ1v) is 5.83. The van der Waals surface area contributed by atoms with Crippen molar-refractivity contribution in [1.82, 2.24) is 4.98 Å². The number of aromatic amines is 1. The van der Waals surface area contributed by atoms with E-state index in [9.17, 15) is 0 Å². The largest absolute Gasteiger partial charge is 0.391 e. The first-order chi connectivity index (χ1) is 6.29. The zero-order chi connectivity index (χ0) is 9.26. The van der Waals surface area contributed by atoms with Gasteiger partial charge in [-0.3, -0.25) is 0 Å². The van der Waals surface area contributed by atoms with Crippen LogP contribution in [0.3, 0.4) is 0 Å². The molecule has 0 aliphatic rings. The topological polar surface area (TPSA) is 36.0 Å². The molecule has 2 rings (SSSR count). The van der Waals surface area contributed by atoms with E-state index in [0.29, 0.717) is 0 Å². The smallest absolute Gasteiger partial charge is 0.158 e. The second-order valence-corrected chi connectivity index (χ2v) is 5.06. The highest BCUT2D eigenvalue weighted by Crippen LogP contribution is 2.25. The van der Waals surface area contributed by atoms with Gasteiger partial charge in [0.2, 0.25) is 0 Å². The average Bonchev–Trinajstić information content (AvgIpc) is 2.71. The summed E-state index contributed by atoms with van der Waals surface area (Å²) in [6.07, 6.45) is 0. The maximum absolute atomic E-state index is 8.89. The van der Waals surface area contributed by atoms with Gasteiger partial charge >= 0.3 is 0 Å². The van der Waals surface area contributed by atoms with Crippen LogP contribution in [0.2, 0.25) is 0 Å². The van der Waals surface area contributed by atoms with E-state index in [0.717, 1.165) is 20.1 Å². The highest BCUT2D eigenvalue weighted by molar-refractivity contribution is 7.73. The Labute approximate surface area is 88.5 Å². The van der Waals surface area contributed by atoms with E-state index in [1.807, 2.05) is 16.8 Å². The summed E-state index contributed by atoms with van der Waals surface area (Å²) in [4.78, 5) is 4.06. The minimum atomic E-state index is 0.107. The molecule has 0 saturated carbocycles. The van der Waals surface area contributed by atoms with Crippen LogP contribution in [0.1, 0.15) is 4.88 Å². The monoisotopic (exact) mass is 229 g/mol. The Bertz CT molecular complexity index is 454. The molecule has 2 N–H and O–H groups in total. The van der Waals surface area contributed by atoms with Crippen LogP contribution in [0.5, 0.6) is 0 Å². The minimum absolute atomic E-state index is 0.107. The molecule has 0 fully saturated rings. The van der Waals surface area contributed by atoms with E-state index >= 15 is 0 Å². The van der Waals surface area contributed by atoms with Crippen LogP contribution in [0, 0.1) is 3.95 Å². The number of aromatic nitrogens is 1. The Morgan fingerprint density at radius 3 is 2.77 bits per heavy atom. The third-order valence-electron chi connectivity index (χ3n) is 1.64. The van der Waals surface area contributed by atoms with Crippen molar-refractivity contribution < 1.29 is 5.11 Å². The van der Waals surface area contributed by atoms with E-state index in [1.54, 1.807) is 11.3 Å². The lowest BCUT2D eigenvalue weighted by molar-refractivity contribution is 0.285. The van der Waals surface area contributed by atoms with Crippen molar-refractivity contribution in [2.45, 2.75) is 6.61 Å². The van der Waals surface area contributed by atoms with Gasteiger partial charge in [-0.15, -0.1) is 22.7 Å². The Balaban J connectivity index is 2.40. The minimum Gasteiger partial charge on any atom is -0.391 e.